The van der Waals surface area contributed by atoms with Crippen LogP contribution >= 0.6 is 11.6 Å². The normalized spacial score (nSPS) is 14.9. The van der Waals surface area contributed by atoms with Gasteiger partial charge in [-0.3, -0.25) is 9.59 Å². The Morgan fingerprint density at radius 3 is 2.73 bits per heavy atom. The van der Waals surface area contributed by atoms with Crippen molar-refractivity contribution in [3.05, 3.63) is 88.2 Å². The molecule has 1 saturated heterocycles. The number of pyridine rings is 1. The Morgan fingerprint density at radius 2 is 2.00 bits per heavy atom. The van der Waals surface area contributed by atoms with Crippen molar-refractivity contribution >= 4 is 23.8 Å². The fourth-order valence-corrected chi connectivity index (χ4v) is 4.21. The van der Waals surface area contributed by atoms with Crippen LogP contribution in [0.15, 0.2) is 60.8 Å². The average molecular weight is 466 g/mol. The van der Waals surface area contributed by atoms with Crippen LogP contribution in [-0.2, 0) is 6.42 Å². The average Bonchev–Trinajstić information content (AvgIpc) is 3.35. The number of aromatic nitrogens is 1. The van der Waals surface area contributed by atoms with Gasteiger partial charge in [0.2, 0.25) is 0 Å². The number of amides is 1. The predicted molar refractivity (Wildman–Crippen MR) is 130 cm³/mol. The molecule has 1 amide bonds. The zero-order valence-electron chi connectivity index (χ0n) is 18.8. The molecule has 3 aromatic rings. The van der Waals surface area contributed by atoms with Crippen molar-refractivity contribution in [1.29, 1.82) is 0 Å². The molecule has 0 spiro atoms. The van der Waals surface area contributed by atoms with Gasteiger partial charge in [-0.2, -0.15) is 0 Å². The monoisotopic (exact) mass is 465 g/mol. The molecule has 1 unspecified atom stereocenters. The van der Waals surface area contributed by atoms with Crippen molar-refractivity contribution in [3.8, 4) is 11.5 Å². The number of carbonyl (C=O) groups is 2. The third-order valence-corrected chi connectivity index (χ3v) is 5.95. The Balaban J connectivity index is 0.00000149. The third kappa shape index (κ3) is 5.59. The van der Waals surface area contributed by atoms with E-state index in [0.29, 0.717) is 29.4 Å². The molecule has 6 nitrogen and oxygen atoms in total. The molecule has 1 fully saturated rings. The second-order valence-corrected chi connectivity index (χ2v) is 7.95. The highest BCUT2D eigenvalue weighted by atomic mass is 35.5. The summed E-state index contributed by atoms with van der Waals surface area (Å²) in [7, 11) is 1.50. The molecule has 7 heteroatoms. The van der Waals surface area contributed by atoms with Crippen LogP contribution < -0.4 is 10.5 Å². The Kier molecular flexibility index (Phi) is 8.58. The lowest BCUT2D eigenvalue weighted by atomic mass is 9.94. The van der Waals surface area contributed by atoms with Gasteiger partial charge in [0.25, 0.3) is 5.91 Å². The van der Waals surface area contributed by atoms with E-state index in [1.165, 1.54) is 7.05 Å². The van der Waals surface area contributed by atoms with Gasteiger partial charge in [-0.1, -0.05) is 42.8 Å². The van der Waals surface area contributed by atoms with Crippen molar-refractivity contribution in [2.75, 3.05) is 20.1 Å². The molecular weight excluding hydrogens is 438 g/mol. The molecular formula is C26H28ClN3O3. The summed E-state index contributed by atoms with van der Waals surface area (Å²) in [6.45, 7) is 3.19. The maximum atomic E-state index is 12.8. The standard InChI is InChI=1S/C25H23ClN2O3.CH5N/c1-2-17-6-3-4-8-23(17)31-20-9-10-21(19(14-20)16-29)18-11-13-28(15-18)25(30)24-22(26)7-5-12-27-24;1-2/h3-10,12,14,16,18H,2,11,13,15H2,1H3;2H2,1H3. The number of carbonyl (C=O) groups excluding carboxylic acids is 2. The van der Waals surface area contributed by atoms with Gasteiger partial charge in [0.1, 0.15) is 23.5 Å². The fourth-order valence-electron chi connectivity index (χ4n) is 4.00. The van der Waals surface area contributed by atoms with E-state index in [-0.39, 0.29) is 17.5 Å². The largest absolute Gasteiger partial charge is 0.457 e. The molecule has 2 aromatic carbocycles. The summed E-state index contributed by atoms with van der Waals surface area (Å²) in [5, 5.41) is 0.346. The summed E-state index contributed by atoms with van der Waals surface area (Å²) < 4.78 is 6.04. The van der Waals surface area contributed by atoms with Crippen molar-refractivity contribution in [2.45, 2.75) is 25.7 Å². The molecule has 0 bridgehead atoms. The summed E-state index contributed by atoms with van der Waals surface area (Å²) >= 11 is 6.13. The van der Waals surface area contributed by atoms with Crippen molar-refractivity contribution in [1.82, 2.24) is 9.88 Å². The van der Waals surface area contributed by atoms with E-state index in [4.69, 9.17) is 16.3 Å². The van der Waals surface area contributed by atoms with Crippen LogP contribution in [0.5, 0.6) is 11.5 Å². The van der Waals surface area contributed by atoms with Crippen LogP contribution in [0.4, 0.5) is 0 Å². The number of aldehydes is 1. The molecule has 33 heavy (non-hydrogen) atoms. The number of hydrogen-bond donors (Lipinski definition) is 1. The highest BCUT2D eigenvalue weighted by Gasteiger charge is 2.30. The first kappa shape index (κ1) is 24.4. The maximum absolute atomic E-state index is 12.8. The van der Waals surface area contributed by atoms with Gasteiger partial charge in [-0.05, 0) is 61.3 Å². The quantitative estimate of drug-likeness (QED) is 0.511. The van der Waals surface area contributed by atoms with Gasteiger partial charge in [0, 0.05) is 30.8 Å². The van der Waals surface area contributed by atoms with Gasteiger partial charge >= 0.3 is 0 Å². The molecule has 2 N–H and O–H groups in total. The molecule has 0 radical (unpaired) electrons. The second-order valence-electron chi connectivity index (χ2n) is 7.54. The number of likely N-dealkylation sites (tertiary alicyclic amines) is 1. The lowest BCUT2D eigenvalue weighted by Crippen LogP contribution is -2.29. The fraction of sp³-hybridized carbons (Fsp3) is 0.269. The number of aryl methyl sites for hydroxylation is 1. The summed E-state index contributed by atoms with van der Waals surface area (Å²) in [4.78, 5) is 30.5. The van der Waals surface area contributed by atoms with Crippen LogP contribution in [-0.4, -0.2) is 42.2 Å². The minimum Gasteiger partial charge on any atom is -0.457 e. The Labute approximate surface area is 199 Å². The molecule has 0 aliphatic carbocycles. The first-order valence-electron chi connectivity index (χ1n) is 10.9. The number of halogens is 1. The number of hydrogen-bond acceptors (Lipinski definition) is 5. The van der Waals surface area contributed by atoms with Crippen LogP contribution in [0.3, 0.4) is 0 Å². The van der Waals surface area contributed by atoms with Crippen LogP contribution in [0.2, 0.25) is 5.02 Å². The molecule has 2 heterocycles. The van der Waals surface area contributed by atoms with E-state index in [1.54, 1.807) is 29.3 Å². The molecule has 1 aliphatic rings. The smallest absolute Gasteiger partial charge is 0.274 e. The van der Waals surface area contributed by atoms with E-state index in [0.717, 1.165) is 36.0 Å². The number of benzene rings is 2. The number of para-hydroxylation sites is 1. The van der Waals surface area contributed by atoms with Gasteiger partial charge < -0.3 is 15.4 Å². The minimum absolute atomic E-state index is 0.0728. The van der Waals surface area contributed by atoms with Crippen molar-refractivity contribution in [2.24, 2.45) is 5.73 Å². The first-order valence-corrected chi connectivity index (χ1v) is 11.3. The van der Waals surface area contributed by atoms with E-state index in [9.17, 15) is 9.59 Å². The highest BCUT2D eigenvalue weighted by Crippen LogP contribution is 2.34. The molecule has 1 aliphatic heterocycles. The number of nitrogens with zero attached hydrogens (tertiary/aromatic N) is 2. The lowest BCUT2D eigenvalue weighted by molar-refractivity contribution is 0.0785. The third-order valence-electron chi connectivity index (χ3n) is 5.64. The van der Waals surface area contributed by atoms with Gasteiger partial charge in [-0.15, -0.1) is 0 Å². The predicted octanol–water partition coefficient (Wildman–Crippen LogP) is 5.11. The SMILES string of the molecule is CCc1ccccc1Oc1ccc(C2CCN(C(=O)c3ncccc3Cl)C2)c(C=O)c1.CN. The van der Waals surface area contributed by atoms with E-state index in [2.05, 4.69) is 17.6 Å². The highest BCUT2D eigenvalue weighted by molar-refractivity contribution is 6.33. The van der Waals surface area contributed by atoms with Crippen LogP contribution in [0.1, 0.15) is 51.2 Å². The molecule has 1 aromatic heterocycles. The topological polar surface area (TPSA) is 85.5 Å². The molecule has 1 atom stereocenters. The zero-order valence-corrected chi connectivity index (χ0v) is 19.6. The maximum Gasteiger partial charge on any atom is 0.274 e. The summed E-state index contributed by atoms with van der Waals surface area (Å²) in [6, 6.07) is 16.8. The van der Waals surface area contributed by atoms with E-state index in [1.807, 2.05) is 36.4 Å². The summed E-state index contributed by atoms with van der Waals surface area (Å²) in [5.74, 6) is 1.30. The number of nitrogens with two attached hydrogens (primary N) is 1. The van der Waals surface area contributed by atoms with Crippen molar-refractivity contribution < 1.29 is 14.3 Å². The van der Waals surface area contributed by atoms with E-state index < -0.39 is 0 Å². The van der Waals surface area contributed by atoms with Crippen LogP contribution in [0.25, 0.3) is 0 Å². The van der Waals surface area contributed by atoms with Gasteiger partial charge in [0.05, 0.1) is 5.02 Å². The van der Waals surface area contributed by atoms with E-state index >= 15 is 0 Å². The molecule has 172 valence electrons. The minimum atomic E-state index is -0.183. The molecule has 0 saturated carbocycles. The Morgan fingerprint density at radius 1 is 1.21 bits per heavy atom. The zero-order chi connectivity index (χ0) is 23.8. The van der Waals surface area contributed by atoms with Gasteiger partial charge in [-0.25, -0.2) is 4.98 Å². The second kappa shape index (κ2) is 11.6. The summed E-state index contributed by atoms with van der Waals surface area (Å²) in [5.41, 5.74) is 7.38. The lowest BCUT2D eigenvalue weighted by Gasteiger charge is -2.18. The summed E-state index contributed by atoms with van der Waals surface area (Å²) in [6.07, 6.45) is 4.05. The first-order chi connectivity index (χ1) is 16.1. The van der Waals surface area contributed by atoms with Crippen LogP contribution in [0, 0.1) is 0 Å². The molecule has 4 rings (SSSR count). The Bertz CT molecular complexity index is 1120. The van der Waals surface area contributed by atoms with Gasteiger partial charge in [0.15, 0.2) is 0 Å². The van der Waals surface area contributed by atoms with Crippen molar-refractivity contribution in [3.63, 3.8) is 0 Å². The number of rotatable bonds is 6. The Hall–Kier alpha value is -3.22. The number of ether oxygens (including phenoxy) is 1.